The van der Waals surface area contributed by atoms with Crippen LogP contribution in [-0.4, -0.2) is 37.2 Å². The minimum atomic E-state index is -0.372. The lowest BCUT2D eigenvalue weighted by atomic mass is 10.3. The number of hydrogen-bond donors (Lipinski definition) is 2. The predicted octanol–water partition coefficient (Wildman–Crippen LogP) is 3.37. The van der Waals surface area contributed by atoms with Crippen molar-refractivity contribution in [2.24, 2.45) is 4.99 Å². The molecule has 27 heavy (non-hydrogen) atoms. The first-order chi connectivity index (χ1) is 12.6. The number of ether oxygens (including phenoxy) is 2. The Morgan fingerprint density at radius 2 is 2.00 bits per heavy atom. The first-order valence-corrected chi connectivity index (χ1v) is 8.55. The number of methoxy groups -OCH3 is 1. The van der Waals surface area contributed by atoms with E-state index in [0.29, 0.717) is 24.9 Å². The molecule has 1 heterocycles. The second kappa shape index (κ2) is 12.3. The van der Waals surface area contributed by atoms with Crippen molar-refractivity contribution in [2.45, 2.75) is 26.5 Å². The van der Waals surface area contributed by atoms with Gasteiger partial charge in [0, 0.05) is 18.3 Å². The summed E-state index contributed by atoms with van der Waals surface area (Å²) in [5, 5.41) is 6.37. The summed E-state index contributed by atoms with van der Waals surface area (Å²) < 4.78 is 24.5. The van der Waals surface area contributed by atoms with Crippen LogP contribution in [0.3, 0.4) is 0 Å². The number of nitrogens with one attached hydrogen (secondary N) is 2. The van der Waals surface area contributed by atoms with Crippen LogP contribution >= 0.6 is 24.0 Å². The zero-order valence-corrected chi connectivity index (χ0v) is 18.1. The van der Waals surface area contributed by atoms with Gasteiger partial charge in [-0.15, -0.1) is 24.0 Å². The summed E-state index contributed by atoms with van der Waals surface area (Å²) in [6.07, 6.45) is 1.45. The third-order valence-corrected chi connectivity index (χ3v) is 3.52. The fourth-order valence-electron chi connectivity index (χ4n) is 2.27. The van der Waals surface area contributed by atoms with Crippen LogP contribution in [0.2, 0.25) is 0 Å². The maximum Gasteiger partial charge on any atom is 0.218 e. The highest BCUT2D eigenvalue weighted by molar-refractivity contribution is 14.0. The van der Waals surface area contributed by atoms with E-state index in [-0.39, 0.29) is 41.6 Å². The number of aliphatic imine (C=N–C) groups is 1. The highest BCUT2D eigenvalue weighted by Crippen LogP contribution is 2.17. The van der Waals surface area contributed by atoms with Crippen molar-refractivity contribution in [1.29, 1.82) is 0 Å². The molecule has 8 heteroatoms. The van der Waals surface area contributed by atoms with E-state index < -0.39 is 0 Å². The van der Waals surface area contributed by atoms with Gasteiger partial charge in [0.1, 0.15) is 6.10 Å². The maximum absolute atomic E-state index is 13.7. The summed E-state index contributed by atoms with van der Waals surface area (Å²) in [6.45, 7) is 5.48. The van der Waals surface area contributed by atoms with Crippen LogP contribution in [-0.2, 0) is 6.54 Å². The first-order valence-electron chi connectivity index (χ1n) is 8.55. The average molecular weight is 488 g/mol. The number of aromatic nitrogens is 1. The molecule has 0 aliphatic rings. The summed E-state index contributed by atoms with van der Waals surface area (Å²) in [4.78, 5) is 8.70. The topological polar surface area (TPSA) is 67.8 Å². The molecule has 6 nitrogen and oxygen atoms in total. The zero-order valence-electron chi connectivity index (χ0n) is 15.7. The quantitative estimate of drug-likeness (QED) is 0.339. The van der Waals surface area contributed by atoms with E-state index in [4.69, 9.17) is 9.47 Å². The highest BCUT2D eigenvalue weighted by Gasteiger charge is 2.09. The van der Waals surface area contributed by atoms with Gasteiger partial charge in [0.05, 0.1) is 20.2 Å². The smallest absolute Gasteiger partial charge is 0.218 e. The van der Waals surface area contributed by atoms with Crippen molar-refractivity contribution in [2.75, 3.05) is 20.2 Å². The Labute approximate surface area is 176 Å². The summed E-state index contributed by atoms with van der Waals surface area (Å²) in [5.41, 5.74) is 0.892. The normalized spacial score (nSPS) is 11.9. The number of para-hydroxylation sites is 1. The molecule has 1 aromatic heterocycles. The maximum atomic E-state index is 13.7. The number of nitrogens with zero attached hydrogens (tertiary/aromatic N) is 2. The number of rotatable bonds is 8. The van der Waals surface area contributed by atoms with Gasteiger partial charge in [-0.05, 0) is 32.0 Å². The molecule has 0 amide bonds. The van der Waals surface area contributed by atoms with Gasteiger partial charge < -0.3 is 20.1 Å². The van der Waals surface area contributed by atoms with Gasteiger partial charge in [0.15, 0.2) is 17.5 Å². The minimum absolute atomic E-state index is 0. The summed E-state index contributed by atoms with van der Waals surface area (Å²) in [6, 6.07) is 10.1. The largest absolute Gasteiger partial charge is 0.486 e. The zero-order chi connectivity index (χ0) is 18.8. The van der Waals surface area contributed by atoms with E-state index in [1.807, 2.05) is 26.0 Å². The molecule has 0 aliphatic heterocycles. The van der Waals surface area contributed by atoms with Crippen molar-refractivity contribution >= 4 is 29.9 Å². The Morgan fingerprint density at radius 3 is 2.70 bits per heavy atom. The van der Waals surface area contributed by atoms with Gasteiger partial charge in [-0.2, -0.15) is 0 Å². The van der Waals surface area contributed by atoms with Crippen molar-refractivity contribution < 1.29 is 13.9 Å². The summed E-state index contributed by atoms with van der Waals surface area (Å²) in [7, 11) is 1.58. The molecule has 1 unspecified atom stereocenters. The third-order valence-electron chi connectivity index (χ3n) is 3.52. The number of halogens is 2. The second-order valence-corrected chi connectivity index (χ2v) is 5.61. The Hall–Kier alpha value is -2.10. The Bertz CT molecular complexity index is 730. The SMILES string of the molecule is CCNC(=NCc1cccnc1OC)NCC(C)Oc1ccccc1F.I. The van der Waals surface area contributed by atoms with Crippen LogP contribution in [0.4, 0.5) is 4.39 Å². The molecule has 0 fully saturated rings. The van der Waals surface area contributed by atoms with Crippen molar-refractivity contribution in [3.8, 4) is 11.6 Å². The second-order valence-electron chi connectivity index (χ2n) is 5.61. The molecule has 0 radical (unpaired) electrons. The molecular formula is C19H26FIN4O2. The predicted molar refractivity (Wildman–Crippen MR) is 116 cm³/mol. The van der Waals surface area contributed by atoms with Gasteiger partial charge in [-0.25, -0.2) is 14.4 Å². The summed E-state index contributed by atoms with van der Waals surface area (Å²) >= 11 is 0. The number of guanidine groups is 1. The van der Waals surface area contributed by atoms with Crippen molar-refractivity contribution in [3.05, 3.63) is 54.0 Å². The molecule has 0 aliphatic carbocycles. The van der Waals surface area contributed by atoms with Crippen LogP contribution in [0.1, 0.15) is 19.4 Å². The fraction of sp³-hybridized carbons (Fsp3) is 0.368. The van der Waals surface area contributed by atoms with E-state index in [9.17, 15) is 4.39 Å². The molecule has 2 rings (SSSR count). The standard InChI is InChI=1S/C19H25FN4O2.HI/c1-4-21-19(24-13-15-8-7-11-22-18(15)25-3)23-12-14(2)26-17-10-6-5-9-16(17)20;/h5-11,14H,4,12-13H2,1-3H3,(H2,21,23,24);1H. The van der Waals surface area contributed by atoms with Crippen LogP contribution in [0.5, 0.6) is 11.6 Å². The minimum Gasteiger partial charge on any atom is -0.486 e. The van der Waals surface area contributed by atoms with Crippen LogP contribution < -0.4 is 20.1 Å². The van der Waals surface area contributed by atoms with Crippen LogP contribution in [0, 0.1) is 5.82 Å². The molecule has 148 valence electrons. The van der Waals surface area contributed by atoms with Gasteiger partial charge >= 0.3 is 0 Å². The van der Waals surface area contributed by atoms with E-state index in [0.717, 1.165) is 12.1 Å². The van der Waals surface area contributed by atoms with Crippen LogP contribution in [0.15, 0.2) is 47.6 Å². The van der Waals surface area contributed by atoms with E-state index in [2.05, 4.69) is 20.6 Å². The lowest BCUT2D eigenvalue weighted by molar-refractivity contribution is 0.214. The number of pyridine rings is 1. The number of hydrogen-bond acceptors (Lipinski definition) is 4. The molecule has 0 saturated heterocycles. The third kappa shape index (κ3) is 7.58. The fourth-order valence-corrected chi connectivity index (χ4v) is 2.27. The molecule has 2 N–H and O–H groups in total. The highest BCUT2D eigenvalue weighted by atomic mass is 127. The van der Waals surface area contributed by atoms with Crippen molar-refractivity contribution in [1.82, 2.24) is 15.6 Å². The molecule has 2 aromatic rings. The van der Waals surface area contributed by atoms with Gasteiger partial charge in [0.25, 0.3) is 0 Å². The van der Waals surface area contributed by atoms with Crippen LogP contribution in [0.25, 0.3) is 0 Å². The molecule has 0 saturated carbocycles. The van der Waals surface area contributed by atoms with Crippen molar-refractivity contribution in [3.63, 3.8) is 0 Å². The lowest BCUT2D eigenvalue weighted by Crippen LogP contribution is -2.41. The van der Waals surface area contributed by atoms with Gasteiger partial charge in [-0.3, -0.25) is 0 Å². The Morgan fingerprint density at radius 1 is 1.22 bits per heavy atom. The molecule has 1 atom stereocenters. The molecule has 0 bridgehead atoms. The summed E-state index contributed by atoms with van der Waals surface area (Å²) in [5.74, 6) is 1.07. The molecule has 0 spiro atoms. The van der Waals surface area contributed by atoms with Gasteiger partial charge in [0.2, 0.25) is 5.88 Å². The van der Waals surface area contributed by atoms with E-state index in [1.165, 1.54) is 6.07 Å². The lowest BCUT2D eigenvalue weighted by Gasteiger charge is -2.18. The Balaban J connectivity index is 0.00000364. The monoisotopic (exact) mass is 488 g/mol. The van der Waals surface area contributed by atoms with E-state index in [1.54, 1.807) is 31.5 Å². The molecular weight excluding hydrogens is 462 g/mol. The van der Waals surface area contributed by atoms with Gasteiger partial charge in [-0.1, -0.05) is 18.2 Å². The number of benzene rings is 1. The van der Waals surface area contributed by atoms with E-state index >= 15 is 0 Å². The average Bonchev–Trinajstić information content (AvgIpc) is 2.66. The first kappa shape index (κ1) is 22.9. The Kier molecular flexibility index (Phi) is 10.5. The molecule has 1 aromatic carbocycles.